The molecule has 7 heteroatoms. The van der Waals surface area contributed by atoms with Crippen molar-refractivity contribution >= 4 is 23.4 Å². The van der Waals surface area contributed by atoms with Crippen molar-refractivity contribution in [2.45, 2.75) is 18.0 Å². The van der Waals surface area contributed by atoms with Gasteiger partial charge in [0.25, 0.3) is 0 Å². The zero-order valence-corrected chi connectivity index (χ0v) is 12.0. The van der Waals surface area contributed by atoms with E-state index in [2.05, 4.69) is 10.2 Å². The Balaban J connectivity index is 2.44. The SMILES string of the molecule is CCSc1cc(-c2cccc(C(F)(F)F)c2)nnc1Cl. The van der Waals surface area contributed by atoms with Crippen LogP contribution in [-0.2, 0) is 6.18 Å². The van der Waals surface area contributed by atoms with Gasteiger partial charge in [0.05, 0.1) is 11.3 Å². The Kier molecular flexibility index (Phi) is 4.55. The number of hydrogen-bond acceptors (Lipinski definition) is 3. The Morgan fingerprint density at radius 2 is 1.95 bits per heavy atom. The molecule has 0 fully saturated rings. The summed E-state index contributed by atoms with van der Waals surface area (Å²) in [5.74, 6) is 0.785. The summed E-state index contributed by atoms with van der Waals surface area (Å²) >= 11 is 7.36. The van der Waals surface area contributed by atoms with Gasteiger partial charge in [-0.05, 0) is 24.0 Å². The van der Waals surface area contributed by atoms with E-state index in [0.29, 0.717) is 16.2 Å². The highest BCUT2D eigenvalue weighted by Crippen LogP contribution is 2.33. The van der Waals surface area contributed by atoms with Crippen LogP contribution in [0, 0.1) is 0 Å². The maximum absolute atomic E-state index is 12.7. The molecule has 20 heavy (non-hydrogen) atoms. The topological polar surface area (TPSA) is 25.8 Å². The van der Waals surface area contributed by atoms with Gasteiger partial charge in [0.15, 0.2) is 5.15 Å². The molecule has 0 bridgehead atoms. The molecule has 0 saturated heterocycles. The fourth-order valence-corrected chi connectivity index (χ4v) is 2.53. The molecule has 0 aliphatic rings. The van der Waals surface area contributed by atoms with Gasteiger partial charge < -0.3 is 0 Å². The van der Waals surface area contributed by atoms with Crippen molar-refractivity contribution in [1.29, 1.82) is 0 Å². The zero-order chi connectivity index (χ0) is 14.8. The average molecular weight is 319 g/mol. The van der Waals surface area contributed by atoms with Crippen LogP contribution in [0.25, 0.3) is 11.3 Å². The fourth-order valence-electron chi connectivity index (χ4n) is 1.61. The second-order valence-electron chi connectivity index (χ2n) is 3.90. The van der Waals surface area contributed by atoms with Crippen LogP contribution in [0.15, 0.2) is 35.2 Å². The van der Waals surface area contributed by atoms with Gasteiger partial charge in [-0.2, -0.15) is 13.2 Å². The maximum atomic E-state index is 12.7. The van der Waals surface area contributed by atoms with Crippen LogP contribution in [0.3, 0.4) is 0 Å². The van der Waals surface area contributed by atoms with Crippen LogP contribution in [0.1, 0.15) is 12.5 Å². The number of halogens is 4. The molecule has 0 radical (unpaired) electrons. The molecule has 1 aromatic heterocycles. The summed E-state index contributed by atoms with van der Waals surface area (Å²) in [6.45, 7) is 1.95. The van der Waals surface area contributed by atoms with E-state index in [1.807, 2.05) is 6.92 Å². The average Bonchev–Trinajstić information content (AvgIpc) is 2.41. The number of alkyl halides is 3. The third kappa shape index (κ3) is 3.43. The first-order valence-corrected chi connectivity index (χ1v) is 7.12. The molecule has 0 spiro atoms. The fraction of sp³-hybridized carbons (Fsp3) is 0.231. The van der Waals surface area contributed by atoms with E-state index >= 15 is 0 Å². The Morgan fingerprint density at radius 3 is 2.60 bits per heavy atom. The van der Waals surface area contributed by atoms with Crippen molar-refractivity contribution in [2.75, 3.05) is 5.75 Å². The molecule has 2 nitrogen and oxygen atoms in total. The van der Waals surface area contributed by atoms with Crippen molar-refractivity contribution in [3.8, 4) is 11.3 Å². The van der Waals surface area contributed by atoms with E-state index in [4.69, 9.17) is 11.6 Å². The maximum Gasteiger partial charge on any atom is 0.416 e. The second-order valence-corrected chi connectivity index (χ2v) is 5.56. The van der Waals surface area contributed by atoms with Gasteiger partial charge in [0, 0.05) is 10.5 Å². The molecule has 0 unspecified atom stereocenters. The molecule has 1 heterocycles. The highest BCUT2D eigenvalue weighted by Gasteiger charge is 2.30. The van der Waals surface area contributed by atoms with E-state index in [1.54, 1.807) is 12.1 Å². The van der Waals surface area contributed by atoms with Crippen LogP contribution in [-0.4, -0.2) is 16.0 Å². The molecule has 106 valence electrons. The van der Waals surface area contributed by atoms with Gasteiger partial charge in [0.1, 0.15) is 0 Å². The summed E-state index contributed by atoms with van der Waals surface area (Å²) in [5.41, 5.74) is 0.0230. The highest BCUT2D eigenvalue weighted by atomic mass is 35.5. The first kappa shape index (κ1) is 15.1. The number of nitrogens with zero attached hydrogens (tertiary/aromatic N) is 2. The van der Waals surface area contributed by atoms with E-state index in [9.17, 15) is 13.2 Å². The molecule has 2 aromatic rings. The standard InChI is InChI=1S/C13H10ClF3N2S/c1-2-20-11-7-10(18-19-12(11)14)8-4-3-5-9(6-8)13(15,16)17/h3-7H,2H2,1H3. The van der Waals surface area contributed by atoms with E-state index < -0.39 is 11.7 Å². The van der Waals surface area contributed by atoms with Gasteiger partial charge in [0.2, 0.25) is 0 Å². The zero-order valence-electron chi connectivity index (χ0n) is 10.4. The predicted molar refractivity (Wildman–Crippen MR) is 73.9 cm³/mol. The lowest BCUT2D eigenvalue weighted by molar-refractivity contribution is -0.137. The van der Waals surface area contributed by atoms with Crippen molar-refractivity contribution in [1.82, 2.24) is 10.2 Å². The van der Waals surface area contributed by atoms with Gasteiger partial charge in [-0.3, -0.25) is 0 Å². The number of benzene rings is 1. The second kappa shape index (κ2) is 6.01. The van der Waals surface area contributed by atoms with Gasteiger partial charge in [-0.15, -0.1) is 22.0 Å². The Hall–Kier alpha value is -1.27. The first-order chi connectivity index (χ1) is 9.41. The molecule has 0 saturated carbocycles. The van der Waals surface area contributed by atoms with Gasteiger partial charge in [-0.25, -0.2) is 0 Å². The molecule has 0 amide bonds. The lowest BCUT2D eigenvalue weighted by Crippen LogP contribution is -2.04. The van der Waals surface area contributed by atoms with Crippen LogP contribution in [0.5, 0.6) is 0 Å². The van der Waals surface area contributed by atoms with Crippen molar-refractivity contribution < 1.29 is 13.2 Å². The van der Waals surface area contributed by atoms with Crippen LogP contribution in [0.4, 0.5) is 13.2 Å². The molecular weight excluding hydrogens is 309 g/mol. The van der Waals surface area contributed by atoms with E-state index in [1.165, 1.54) is 17.8 Å². The number of aromatic nitrogens is 2. The number of thioether (sulfide) groups is 1. The number of rotatable bonds is 3. The summed E-state index contributed by atoms with van der Waals surface area (Å²) in [5, 5.41) is 7.89. The molecule has 0 N–H and O–H groups in total. The minimum absolute atomic E-state index is 0.257. The summed E-state index contributed by atoms with van der Waals surface area (Å²) in [7, 11) is 0. The van der Waals surface area contributed by atoms with Crippen molar-refractivity contribution in [3.63, 3.8) is 0 Å². The third-order valence-corrected chi connectivity index (χ3v) is 3.80. The molecule has 0 aliphatic heterocycles. The van der Waals surface area contributed by atoms with Crippen molar-refractivity contribution in [3.05, 3.63) is 41.0 Å². The number of hydrogen-bond donors (Lipinski definition) is 0. The molecule has 2 rings (SSSR count). The Morgan fingerprint density at radius 1 is 1.20 bits per heavy atom. The molecule has 0 atom stereocenters. The molecular formula is C13H10ClF3N2S. The normalized spacial score (nSPS) is 11.7. The van der Waals surface area contributed by atoms with Gasteiger partial charge >= 0.3 is 6.18 Å². The molecule has 1 aromatic carbocycles. The van der Waals surface area contributed by atoms with Crippen LogP contribution >= 0.6 is 23.4 Å². The quantitative estimate of drug-likeness (QED) is 0.751. The minimum atomic E-state index is -4.38. The Bertz CT molecular complexity index is 617. The third-order valence-electron chi connectivity index (χ3n) is 2.50. The van der Waals surface area contributed by atoms with Crippen LogP contribution in [0.2, 0.25) is 5.15 Å². The summed E-state index contributed by atoms with van der Waals surface area (Å²) in [6.07, 6.45) is -4.38. The monoisotopic (exact) mass is 318 g/mol. The van der Waals surface area contributed by atoms with Gasteiger partial charge in [-0.1, -0.05) is 30.7 Å². The largest absolute Gasteiger partial charge is 0.416 e. The van der Waals surface area contributed by atoms with E-state index in [0.717, 1.165) is 17.9 Å². The van der Waals surface area contributed by atoms with Crippen LogP contribution < -0.4 is 0 Å². The smallest absolute Gasteiger partial charge is 0.166 e. The van der Waals surface area contributed by atoms with Crippen molar-refractivity contribution in [2.24, 2.45) is 0 Å². The summed E-state index contributed by atoms with van der Waals surface area (Å²) in [4.78, 5) is 0.705. The summed E-state index contributed by atoms with van der Waals surface area (Å²) in [6, 6.07) is 6.64. The summed E-state index contributed by atoms with van der Waals surface area (Å²) < 4.78 is 38.1. The lowest BCUT2D eigenvalue weighted by atomic mass is 10.1. The van der Waals surface area contributed by atoms with E-state index in [-0.39, 0.29) is 5.15 Å². The highest BCUT2D eigenvalue weighted by molar-refractivity contribution is 7.99. The Labute approximate surface area is 123 Å². The molecule has 0 aliphatic carbocycles. The predicted octanol–water partition coefficient (Wildman–Crippen LogP) is 4.93. The lowest BCUT2D eigenvalue weighted by Gasteiger charge is -2.09. The minimum Gasteiger partial charge on any atom is -0.166 e. The first-order valence-electron chi connectivity index (χ1n) is 5.75.